The second kappa shape index (κ2) is 7.73. The van der Waals surface area contributed by atoms with Crippen molar-refractivity contribution in [1.82, 2.24) is 0 Å². The van der Waals surface area contributed by atoms with Gasteiger partial charge in [0.25, 0.3) is 0 Å². The first-order valence-electron chi connectivity index (χ1n) is 6.08. The van der Waals surface area contributed by atoms with Crippen LogP contribution in [-0.2, 0) is 10.1 Å². The van der Waals surface area contributed by atoms with Gasteiger partial charge in [-0.1, -0.05) is 44.2 Å². The fraction of sp³-hybridized carbons (Fsp3) is 0.200. The molecule has 2 aromatic rings. The molecule has 0 aliphatic carbocycles. The van der Waals surface area contributed by atoms with Crippen molar-refractivity contribution in [2.24, 2.45) is 0 Å². The molecule has 102 valence electrons. The summed E-state index contributed by atoms with van der Waals surface area (Å²) in [5.74, 6) is 0.683. The van der Waals surface area contributed by atoms with Crippen LogP contribution in [0.25, 0.3) is 0 Å². The largest absolute Gasteiger partial charge is 1.00 e. The Morgan fingerprint density at radius 2 is 1.50 bits per heavy atom. The SMILES string of the molecule is CC(C)c1ccc(S(=O)(=O)Oc2ccccc2)cc1.[H-].[K+]. The average molecular weight is 316 g/mol. The van der Waals surface area contributed by atoms with Crippen molar-refractivity contribution in [3.63, 3.8) is 0 Å². The van der Waals surface area contributed by atoms with Crippen LogP contribution in [0, 0.1) is 0 Å². The standard InChI is InChI=1S/C15H16O3S.K.H/c1-12(2)13-8-10-15(11-9-13)19(16,17)18-14-6-4-3-5-7-14;;/h3-12H,1-2H3;;/q;+1;-1. The van der Waals surface area contributed by atoms with E-state index in [1.807, 2.05) is 12.1 Å². The summed E-state index contributed by atoms with van der Waals surface area (Å²) in [5, 5.41) is 0. The summed E-state index contributed by atoms with van der Waals surface area (Å²) in [7, 11) is -3.76. The molecule has 2 aromatic carbocycles. The molecule has 2 rings (SSSR count). The van der Waals surface area contributed by atoms with E-state index in [4.69, 9.17) is 4.18 Å². The molecule has 5 heteroatoms. The number of hydrogen-bond donors (Lipinski definition) is 0. The molecule has 0 saturated carbocycles. The van der Waals surface area contributed by atoms with Crippen molar-refractivity contribution in [3.8, 4) is 5.75 Å². The van der Waals surface area contributed by atoms with Crippen molar-refractivity contribution in [1.29, 1.82) is 0 Å². The van der Waals surface area contributed by atoms with Crippen LogP contribution in [0.5, 0.6) is 5.75 Å². The van der Waals surface area contributed by atoms with Crippen LogP contribution in [0.15, 0.2) is 59.5 Å². The van der Waals surface area contributed by atoms with Crippen LogP contribution in [-0.4, -0.2) is 8.42 Å². The van der Waals surface area contributed by atoms with Crippen molar-refractivity contribution in [2.45, 2.75) is 24.7 Å². The molecule has 0 fully saturated rings. The van der Waals surface area contributed by atoms with Gasteiger partial charge in [0.05, 0.1) is 0 Å². The van der Waals surface area contributed by atoms with E-state index in [-0.39, 0.29) is 57.7 Å². The van der Waals surface area contributed by atoms with Crippen LogP contribution in [0.4, 0.5) is 0 Å². The Hall–Kier alpha value is -0.174. The average Bonchev–Trinajstić information content (AvgIpc) is 2.39. The molecule has 0 N–H and O–H groups in total. The minimum absolute atomic E-state index is 0. The van der Waals surface area contributed by atoms with Crippen molar-refractivity contribution < 1.29 is 65.4 Å². The zero-order chi connectivity index (χ0) is 13.9. The maximum absolute atomic E-state index is 12.1. The molecule has 0 aliphatic heterocycles. The first-order chi connectivity index (χ1) is 8.99. The maximum Gasteiger partial charge on any atom is 1.00 e. The Morgan fingerprint density at radius 1 is 0.950 bits per heavy atom. The van der Waals surface area contributed by atoms with Crippen LogP contribution in [0.2, 0.25) is 0 Å². The van der Waals surface area contributed by atoms with Gasteiger partial charge in [0.1, 0.15) is 10.6 Å². The molecule has 0 atom stereocenters. The molecule has 0 saturated heterocycles. The summed E-state index contributed by atoms with van der Waals surface area (Å²) < 4.78 is 29.2. The second-order valence-electron chi connectivity index (χ2n) is 4.57. The van der Waals surface area contributed by atoms with Gasteiger partial charge in [0.2, 0.25) is 0 Å². The van der Waals surface area contributed by atoms with Gasteiger partial charge < -0.3 is 5.61 Å². The topological polar surface area (TPSA) is 43.4 Å². The van der Waals surface area contributed by atoms with Crippen LogP contribution >= 0.6 is 0 Å². The van der Waals surface area contributed by atoms with E-state index in [1.54, 1.807) is 42.5 Å². The van der Waals surface area contributed by atoms with Crippen molar-refractivity contribution in [2.75, 3.05) is 0 Å². The number of hydrogen-bond acceptors (Lipinski definition) is 3. The zero-order valence-corrected chi connectivity index (χ0v) is 15.8. The molecule has 0 radical (unpaired) electrons. The smallest absolute Gasteiger partial charge is 1.00 e. The van der Waals surface area contributed by atoms with E-state index in [0.29, 0.717) is 11.7 Å². The third-order valence-corrected chi connectivity index (χ3v) is 4.05. The predicted molar refractivity (Wildman–Crippen MR) is 75.9 cm³/mol. The van der Waals surface area contributed by atoms with Gasteiger partial charge in [-0.25, -0.2) is 0 Å². The van der Waals surface area contributed by atoms with E-state index < -0.39 is 10.1 Å². The van der Waals surface area contributed by atoms with E-state index in [1.165, 1.54) is 0 Å². The molecule has 0 aliphatic rings. The van der Waals surface area contributed by atoms with Crippen molar-refractivity contribution >= 4 is 10.1 Å². The van der Waals surface area contributed by atoms with E-state index in [9.17, 15) is 8.42 Å². The van der Waals surface area contributed by atoms with Gasteiger partial charge in [0.15, 0.2) is 0 Å². The van der Waals surface area contributed by atoms with E-state index >= 15 is 0 Å². The molecule has 0 aromatic heterocycles. The third kappa shape index (κ3) is 4.68. The molecule has 3 nitrogen and oxygen atoms in total. The number of benzene rings is 2. The molecular weight excluding hydrogens is 299 g/mol. The van der Waals surface area contributed by atoms with Gasteiger partial charge in [-0.15, -0.1) is 0 Å². The molecular formula is C15H17KO3S. The molecule has 0 bridgehead atoms. The fourth-order valence-electron chi connectivity index (χ4n) is 1.67. The summed E-state index contributed by atoms with van der Waals surface area (Å²) in [5.41, 5.74) is 1.10. The Labute approximate surface area is 164 Å². The summed E-state index contributed by atoms with van der Waals surface area (Å²) in [6.07, 6.45) is 0. The molecule has 20 heavy (non-hydrogen) atoms. The van der Waals surface area contributed by atoms with Gasteiger partial charge in [-0.05, 0) is 35.7 Å². The predicted octanol–water partition coefficient (Wildman–Crippen LogP) is 0.694. The maximum atomic E-state index is 12.1. The minimum Gasteiger partial charge on any atom is -1.00 e. The summed E-state index contributed by atoms with van der Waals surface area (Å²) in [6, 6.07) is 15.3. The van der Waals surface area contributed by atoms with E-state index in [2.05, 4.69) is 13.8 Å². The molecule has 0 unspecified atom stereocenters. The number of rotatable bonds is 4. The summed E-state index contributed by atoms with van der Waals surface area (Å²) in [4.78, 5) is 0.167. The van der Waals surface area contributed by atoms with Gasteiger partial charge in [0, 0.05) is 0 Å². The van der Waals surface area contributed by atoms with Crippen molar-refractivity contribution in [3.05, 3.63) is 60.2 Å². The van der Waals surface area contributed by atoms with Crippen LogP contribution < -0.4 is 55.6 Å². The number of para-hydroxylation sites is 1. The van der Waals surface area contributed by atoms with E-state index in [0.717, 1.165) is 5.56 Å². The minimum atomic E-state index is -3.76. The first kappa shape index (κ1) is 17.9. The van der Waals surface area contributed by atoms with Gasteiger partial charge in [-0.2, -0.15) is 8.42 Å². The Kier molecular flexibility index (Phi) is 6.91. The molecule has 0 spiro atoms. The van der Waals surface area contributed by atoms with Gasteiger partial charge in [-0.3, -0.25) is 0 Å². The summed E-state index contributed by atoms with van der Waals surface area (Å²) in [6.45, 7) is 4.12. The fourth-order valence-corrected chi connectivity index (χ4v) is 2.60. The van der Waals surface area contributed by atoms with Crippen LogP contribution in [0.3, 0.4) is 0 Å². The Bertz CT molecular complexity index is 640. The first-order valence-corrected chi connectivity index (χ1v) is 7.49. The molecule has 0 amide bonds. The Morgan fingerprint density at radius 3 is 2.00 bits per heavy atom. The van der Waals surface area contributed by atoms with Crippen LogP contribution in [0.1, 0.15) is 26.8 Å². The summed E-state index contributed by atoms with van der Waals surface area (Å²) >= 11 is 0. The molecule has 0 heterocycles. The Balaban J connectivity index is 0.00000200. The zero-order valence-electron chi connectivity index (χ0n) is 12.9. The normalized spacial score (nSPS) is 10.9. The monoisotopic (exact) mass is 316 g/mol. The third-order valence-electron chi connectivity index (χ3n) is 2.78. The second-order valence-corrected chi connectivity index (χ2v) is 6.12. The quantitative estimate of drug-likeness (QED) is 0.616. The van der Waals surface area contributed by atoms with Gasteiger partial charge >= 0.3 is 61.5 Å².